The highest BCUT2D eigenvalue weighted by molar-refractivity contribution is 5.84. The average Bonchev–Trinajstić information content (AvgIpc) is 3.05. The Labute approximate surface area is 144 Å². The molecule has 0 aromatic heterocycles. The third-order valence-electron chi connectivity index (χ3n) is 6.77. The largest absolute Gasteiger partial charge is 0.381 e. The average molecular weight is 334 g/mol. The molecule has 1 heterocycles. The molecule has 0 radical (unpaired) electrons. The highest BCUT2D eigenvalue weighted by Gasteiger charge is 2.54. The van der Waals surface area contributed by atoms with Crippen molar-refractivity contribution >= 4 is 11.8 Å². The zero-order chi connectivity index (χ0) is 16.6. The van der Waals surface area contributed by atoms with Gasteiger partial charge in [-0.3, -0.25) is 9.59 Å². The predicted octanol–water partition coefficient (Wildman–Crippen LogP) is 1.86. The highest BCUT2D eigenvalue weighted by atomic mass is 16.5. The fourth-order valence-electron chi connectivity index (χ4n) is 5.96. The van der Waals surface area contributed by atoms with E-state index in [1.165, 1.54) is 19.3 Å². The minimum absolute atomic E-state index is 0.0349. The number of carbonyl (C=O) groups excluding carboxylic acids is 2. The fourth-order valence-corrected chi connectivity index (χ4v) is 5.96. The summed E-state index contributed by atoms with van der Waals surface area (Å²) in [4.78, 5) is 24.7. The monoisotopic (exact) mass is 334 g/mol. The van der Waals surface area contributed by atoms with Crippen molar-refractivity contribution < 1.29 is 14.3 Å². The first kappa shape index (κ1) is 16.4. The molecule has 5 nitrogen and oxygen atoms in total. The van der Waals surface area contributed by atoms with Crippen molar-refractivity contribution in [3.8, 4) is 0 Å². The van der Waals surface area contributed by atoms with Gasteiger partial charge in [0.2, 0.25) is 11.8 Å². The number of ether oxygens (including phenoxy) is 1. The topological polar surface area (TPSA) is 67.4 Å². The third-order valence-corrected chi connectivity index (χ3v) is 6.77. The molecule has 5 aliphatic rings. The standard InChI is InChI=1S/C19H30N2O3/c22-17(21-11-13-2-4-24-12-13)1-3-20-18(23)19-8-14-5-15(9-19)7-16(6-14)10-19/h13-16H,1-12H2,(H,20,23)(H,21,22). The lowest BCUT2D eigenvalue weighted by atomic mass is 9.49. The van der Waals surface area contributed by atoms with Gasteiger partial charge in [-0.1, -0.05) is 0 Å². The lowest BCUT2D eigenvalue weighted by Crippen LogP contribution is -2.53. The Morgan fingerprint density at radius 3 is 2.25 bits per heavy atom. The van der Waals surface area contributed by atoms with Gasteiger partial charge < -0.3 is 15.4 Å². The van der Waals surface area contributed by atoms with Crippen molar-refractivity contribution in [2.75, 3.05) is 26.3 Å². The first-order valence-electron chi connectivity index (χ1n) is 9.76. The number of hydrogen-bond acceptors (Lipinski definition) is 3. The van der Waals surface area contributed by atoms with Gasteiger partial charge in [-0.25, -0.2) is 0 Å². The van der Waals surface area contributed by atoms with Crippen LogP contribution >= 0.6 is 0 Å². The van der Waals surface area contributed by atoms with Crippen molar-refractivity contribution in [1.82, 2.24) is 10.6 Å². The Kier molecular flexibility index (Phi) is 4.54. The summed E-state index contributed by atoms with van der Waals surface area (Å²) >= 11 is 0. The number of amides is 2. The van der Waals surface area contributed by atoms with Gasteiger partial charge in [-0.2, -0.15) is 0 Å². The third kappa shape index (κ3) is 3.32. The molecule has 134 valence electrons. The van der Waals surface area contributed by atoms with Gasteiger partial charge in [0, 0.05) is 37.5 Å². The fraction of sp³-hybridized carbons (Fsp3) is 0.895. The molecule has 5 fully saturated rings. The maximum Gasteiger partial charge on any atom is 0.226 e. The Bertz CT molecular complexity index is 464. The van der Waals surface area contributed by atoms with Gasteiger partial charge in [-0.05, 0) is 62.7 Å². The normalized spacial score (nSPS) is 39.8. The predicted molar refractivity (Wildman–Crippen MR) is 90.2 cm³/mol. The van der Waals surface area contributed by atoms with Crippen molar-refractivity contribution in [1.29, 1.82) is 0 Å². The van der Waals surface area contributed by atoms with Crippen molar-refractivity contribution in [2.45, 2.75) is 51.4 Å². The summed E-state index contributed by atoms with van der Waals surface area (Å²) in [5.41, 5.74) is -0.105. The number of nitrogens with one attached hydrogen (secondary N) is 2. The summed E-state index contributed by atoms with van der Waals surface area (Å²) in [6, 6.07) is 0. The van der Waals surface area contributed by atoms with Crippen LogP contribution in [-0.2, 0) is 14.3 Å². The molecule has 0 aromatic rings. The van der Waals surface area contributed by atoms with E-state index in [0.717, 1.165) is 56.7 Å². The molecule has 1 aliphatic heterocycles. The molecule has 4 aliphatic carbocycles. The van der Waals surface area contributed by atoms with E-state index in [1.807, 2.05) is 0 Å². The SMILES string of the molecule is O=C(CCNC(=O)C12CC3CC(CC(C3)C1)C2)NCC1CCOC1. The van der Waals surface area contributed by atoms with Gasteiger partial charge in [-0.15, -0.1) is 0 Å². The van der Waals surface area contributed by atoms with Crippen molar-refractivity contribution in [3.63, 3.8) is 0 Å². The molecule has 24 heavy (non-hydrogen) atoms. The Morgan fingerprint density at radius 1 is 1.00 bits per heavy atom. The van der Waals surface area contributed by atoms with E-state index in [9.17, 15) is 9.59 Å². The van der Waals surface area contributed by atoms with Crippen LogP contribution < -0.4 is 10.6 Å². The number of hydrogen-bond donors (Lipinski definition) is 2. The van der Waals surface area contributed by atoms with Crippen LogP contribution in [0.4, 0.5) is 0 Å². The molecule has 5 rings (SSSR count). The van der Waals surface area contributed by atoms with Crippen LogP contribution in [-0.4, -0.2) is 38.1 Å². The maximum atomic E-state index is 12.8. The van der Waals surface area contributed by atoms with Gasteiger partial charge in [0.1, 0.15) is 0 Å². The molecule has 1 atom stereocenters. The van der Waals surface area contributed by atoms with Gasteiger partial charge in [0.05, 0.1) is 6.61 Å². The van der Waals surface area contributed by atoms with E-state index in [4.69, 9.17) is 4.74 Å². The summed E-state index contributed by atoms with van der Waals surface area (Å²) in [5, 5.41) is 6.04. The minimum Gasteiger partial charge on any atom is -0.381 e. The Morgan fingerprint density at radius 2 is 1.67 bits per heavy atom. The van der Waals surface area contributed by atoms with E-state index in [1.54, 1.807) is 0 Å². The molecule has 4 bridgehead atoms. The second kappa shape index (κ2) is 6.66. The number of carbonyl (C=O) groups is 2. The van der Waals surface area contributed by atoms with Crippen LogP contribution in [0.3, 0.4) is 0 Å². The zero-order valence-electron chi connectivity index (χ0n) is 14.5. The second-order valence-electron chi connectivity index (χ2n) is 8.74. The van der Waals surface area contributed by atoms with Crippen LogP contribution in [0.25, 0.3) is 0 Å². The van der Waals surface area contributed by atoms with E-state index < -0.39 is 0 Å². The Balaban J connectivity index is 1.20. The first-order valence-corrected chi connectivity index (χ1v) is 9.76. The molecule has 2 amide bonds. The minimum atomic E-state index is -0.105. The molecule has 5 heteroatoms. The summed E-state index contributed by atoms with van der Waals surface area (Å²) in [5.74, 6) is 3.04. The van der Waals surface area contributed by atoms with Crippen LogP contribution in [0.15, 0.2) is 0 Å². The van der Waals surface area contributed by atoms with Crippen LogP contribution in [0.5, 0.6) is 0 Å². The summed E-state index contributed by atoms with van der Waals surface area (Å²) in [6.45, 7) is 2.72. The van der Waals surface area contributed by atoms with E-state index in [-0.39, 0.29) is 17.2 Å². The molecule has 1 saturated heterocycles. The van der Waals surface area contributed by atoms with Crippen molar-refractivity contribution in [3.05, 3.63) is 0 Å². The summed E-state index contributed by atoms with van der Waals surface area (Å²) in [6.07, 6.45) is 8.70. The molecule has 1 unspecified atom stereocenters. The molecule has 0 aromatic carbocycles. The molecule has 4 saturated carbocycles. The highest BCUT2D eigenvalue weighted by Crippen LogP contribution is 2.60. The van der Waals surface area contributed by atoms with Gasteiger partial charge in [0.15, 0.2) is 0 Å². The lowest BCUT2D eigenvalue weighted by Gasteiger charge is -2.55. The first-order chi connectivity index (χ1) is 11.6. The lowest BCUT2D eigenvalue weighted by molar-refractivity contribution is -0.146. The van der Waals surface area contributed by atoms with E-state index >= 15 is 0 Å². The summed E-state index contributed by atoms with van der Waals surface area (Å²) < 4.78 is 5.31. The van der Waals surface area contributed by atoms with Crippen LogP contribution in [0.2, 0.25) is 0 Å². The second-order valence-corrected chi connectivity index (χ2v) is 8.74. The number of rotatable bonds is 6. The molecular weight excluding hydrogens is 304 g/mol. The molecule has 0 spiro atoms. The maximum absolute atomic E-state index is 12.8. The van der Waals surface area contributed by atoms with Crippen molar-refractivity contribution in [2.24, 2.45) is 29.1 Å². The summed E-state index contributed by atoms with van der Waals surface area (Å²) in [7, 11) is 0. The van der Waals surface area contributed by atoms with Crippen LogP contribution in [0, 0.1) is 29.1 Å². The van der Waals surface area contributed by atoms with E-state index in [2.05, 4.69) is 10.6 Å². The molecular formula is C19H30N2O3. The smallest absolute Gasteiger partial charge is 0.226 e. The van der Waals surface area contributed by atoms with Gasteiger partial charge in [0.25, 0.3) is 0 Å². The van der Waals surface area contributed by atoms with Crippen LogP contribution in [0.1, 0.15) is 51.4 Å². The molecule has 2 N–H and O–H groups in total. The zero-order valence-corrected chi connectivity index (χ0v) is 14.5. The van der Waals surface area contributed by atoms with E-state index in [0.29, 0.717) is 25.4 Å². The Hall–Kier alpha value is -1.10. The van der Waals surface area contributed by atoms with Gasteiger partial charge >= 0.3 is 0 Å². The quantitative estimate of drug-likeness (QED) is 0.779.